The Morgan fingerprint density at radius 1 is 1.38 bits per heavy atom. The molecular weight excluding hydrogens is 204 g/mol. The highest BCUT2D eigenvalue weighted by atomic mass is 16.5. The van der Waals surface area contributed by atoms with E-state index in [4.69, 9.17) is 4.74 Å². The number of para-hydroxylation sites is 1. The van der Waals surface area contributed by atoms with Gasteiger partial charge >= 0.3 is 5.97 Å². The number of hydrogen-bond acceptors (Lipinski definition) is 4. The lowest BCUT2D eigenvalue weighted by Gasteiger charge is -2.09. The molecule has 4 heteroatoms. The summed E-state index contributed by atoms with van der Waals surface area (Å²) in [6, 6.07) is 9.63. The third-order valence-electron chi connectivity index (χ3n) is 1.80. The largest absolute Gasteiger partial charge is 0.463 e. The predicted octanol–water partition coefficient (Wildman–Crippen LogP) is 2.07. The van der Waals surface area contributed by atoms with Crippen LogP contribution in [-0.2, 0) is 9.53 Å². The standard InChI is InChI=1S/C12H16N2O2/c1-3-16-12(15)9-10(2)13-14-11-7-5-4-6-8-11/h4-9,13-14H,3H2,1-2H3/b10-9+. The van der Waals surface area contributed by atoms with Crippen LogP contribution in [0.3, 0.4) is 0 Å². The molecule has 0 aliphatic carbocycles. The minimum Gasteiger partial charge on any atom is -0.463 e. The van der Waals surface area contributed by atoms with Gasteiger partial charge in [-0.05, 0) is 26.0 Å². The molecule has 0 spiro atoms. The Labute approximate surface area is 95.3 Å². The van der Waals surface area contributed by atoms with Crippen molar-refractivity contribution in [2.75, 3.05) is 12.0 Å². The summed E-state index contributed by atoms with van der Waals surface area (Å²) in [7, 11) is 0. The zero-order chi connectivity index (χ0) is 11.8. The second kappa shape index (κ2) is 6.50. The number of hydrogen-bond donors (Lipinski definition) is 2. The Kier molecular flexibility index (Phi) is 4.92. The third kappa shape index (κ3) is 4.50. The lowest BCUT2D eigenvalue weighted by atomic mass is 10.3. The highest BCUT2D eigenvalue weighted by Gasteiger charge is 1.97. The number of esters is 1. The van der Waals surface area contributed by atoms with Crippen molar-refractivity contribution in [3.05, 3.63) is 42.1 Å². The van der Waals surface area contributed by atoms with Crippen LogP contribution in [0.1, 0.15) is 13.8 Å². The normalized spacial score (nSPS) is 10.8. The maximum Gasteiger partial charge on any atom is 0.332 e. The number of allylic oxidation sites excluding steroid dienone is 1. The minimum atomic E-state index is -0.345. The van der Waals surface area contributed by atoms with E-state index >= 15 is 0 Å². The van der Waals surface area contributed by atoms with E-state index in [9.17, 15) is 4.79 Å². The Morgan fingerprint density at radius 2 is 2.06 bits per heavy atom. The van der Waals surface area contributed by atoms with E-state index < -0.39 is 0 Å². The summed E-state index contributed by atoms with van der Waals surface area (Å²) >= 11 is 0. The fourth-order valence-corrected chi connectivity index (χ4v) is 1.09. The molecule has 1 aromatic rings. The van der Waals surface area contributed by atoms with Gasteiger partial charge in [-0.3, -0.25) is 0 Å². The zero-order valence-corrected chi connectivity index (χ0v) is 9.49. The summed E-state index contributed by atoms with van der Waals surface area (Å²) in [5, 5.41) is 0. The average Bonchev–Trinajstić information content (AvgIpc) is 2.28. The number of carbonyl (C=O) groups is 1. The highest BCUT2D eigenvalue weighted by Crippen LogP contribution is 2.03. The first-order valence-corrected chi connectivity index (χ1v) is 5.14. The predicted molar refractivity (Wildman–Crippen MR) is 63.6 cm³/mol. The molecular formula is C12H16N2O2. The van der Waals surface area contributed by atoms with Crippen LogP contribution in [0, 0.1) is 0 Å². The van der Waals surface area contributed by atoms with E-state index in [0.29, 0.717) is 12.3 Å². The Balaban J connectivity index is 2.40. The summed E-state index contributed by atoms with van der Waals surface area (Å²) in [5.74, 6) is -0.345. The number of carbonyl (C=O) groups excluding carboxylic acids is 1. The Bertz CT molecular complexity index is 361. The number of ether oxygens (including phenoxy) is 1. The second-order valence-corrected chi connectivity index (χ2v) is 3.20. The minimum absolute atomic E-state index is 0.345. The first-order chi connectivity index (χ1) is 7.72. The first kappa shape index (κ1) is 12.1. The molecule has 2 N–H and O–H groups in total. The van der Waals surface area contributed by atoms with E-state index in [1.807, 2.05) is 30.3 Å². The molecule has 1 rings (SSSR count). The molecule has 0 fully saturated rings. The van der Waals surface area contributed by atoms with Crippen molar-refractivity contribution in [2.45, 2.75) is 13.8 Å². The molecule has 0 aliphatic heterocycles. The highest BCUT2D eigenvalue weighted by molar-refractivity contribution is 5.82. The van der Waals surface area contributed by atoms with Crippen LogP contribution in [0.15, 0.2) is 42.1 Å². The molecule has 0 saturated carbocycles. The van der Waals surface area contributed by atoms with Crippen molar-refractivity contribution < 1.29 is 9.53 Å². The van der Waals surface area contributed by atoms with Gasteiger partial charge in [0.1, 0.15) is 0 Å². The summed E-state index contributed by atoms with van der Waals surface area (Å²) in [4.78, 5) is 11.1. The topological polar surface area (TPSA) is 50.4 Å². The van der Waals surface area contributed by atoms with Crippen LogP contribution in [-0.4, -0.2) is 12.6 Å². The summed E-state index contributed by atoms with van der Waals surface area (Å²) in [5.41, 5.74) is 7.49. The zero-order valence-electron chi connectivity index (χ0n) is 9.49. The molecule has 0 aliphatic rings. The number of rotatable bonds is 5. The van der Waals surface area contributed by atoms with Crippen LogP contribution in [0.25, 0.3) is 0 Å². The van der Waals surface area contributed by atoms with Gasteiger partial charge in [0.2, 0.25) is 0 Å². The molecule has 0 radical (unpaired) electrons. The smallest absolute Gasteiger partial charge is 0.332 e. The van der Waals surface area contributed by atoms with Gasteiger partial charge in [-0.1, -0.05) is 18.2 Å². The summed E-state index contributed by atoms with van der Waals surface area (Å²) in [6.45, 7) is 3.94. The van der Waals surface area contributed by atoms with E-state index in [-0.39, 0.29) is 5.97 Å². The SMILES string of the molecule is CCOC(=O)/C=C(\C)NNc1ccccc1. The molecule has 0 atom stereocenters. The molecule has 0 heterocycles. The Hall–Kier alpha value is -1.97. The van der Waals surface area contributed by atoms with Crippen LogP contribution < -0.4 is 10.9 Å². The summed E-state index contributed by atoms with van der Waals surface area (Å²) in [6.07, 6.45) is 1.40. The van der Waals surface area contributed by atoms with Crippen molar-refractivity contribution in [1.82, 2.24) is 5.43 Å². The second-order valence-electron chi connectivity index (χ2n) is 3.20. The van der Waals surface area contributed by atoms with Gasteiger partial charge in [0.25, 0.3) is 0 Å². The molecule has 0 unspecified atom stereocenters. The van der Waals surface area contributed by atoms with Crippen LogP contribution in [0.4, 0.5) is 5.69 Å². The van der Waals surface area contributed by atoms with Crippen LogP contribution >= 0.6 is 0 Å². The maximum absolute atomic E-state index is 11.1. The molecule has 0 amide bonds. The van der Waals surface area contributed by atoms with E-state index in [1.54, 1.807) is 13.8 Å². The summed E-state index contributed by atoms with van der Waals surface area (Å²) < 4.78 is 4.78. The Morgan fingerprint density at radius 3 is 2.69 bits per heavy atom. The van der Waals surface area contributed by atoms with Crippen LogP contribution in [0.5, 0.6) is 0 Å². The third-order valence-corrected chi connectivity index (χ3v) is 1.80. The van der Waals surface area contributed by atoms with Gasteiger partial charge < -0.3 is 15.6 Å². The molecule has 16 heavy (non-hydrogen) atoms. The van der Waals surface area contributed by atoms with Gasteiger partial charge in [0.15, 0.2) is 0 Å². The molecule has 4 nitrogen and oxygen atoms in total. The van der Waals surface area contributed by atoms with E-state index in [0.717, 1.165) is 5.69 Å². The lowest BCUT2D eigenvalue weighted by molar-refractivity contribution is -0.137. The quantitative estimate of drug-likeness (QED) is 0.453. The van der Waals surface area contributed by atoms with Crippen molar-refractivity contribution >= 4 is 11.7 Å². The van der Waals surface area contributed by atoms with Gasteiger partial charge in [0.05, 0.1) is 12.3 Å². The van der Waals surface area contributed by atoms with Gasteiger partial charge in [-0.15, -0.1) is 0 Å². The first-order valence-electron chi connectivity index (χ1n) is 5.14. The van der Waals surface area contributed by atoms with Gasteiger partial charge in [-0.25, -0.2) is 4.79 Å². The number of nitrogens with one attached hydrogen (secondary N) is 2. The fourth-order valence-electron chi connectivity index (χ4n) is 1.09. The molecule has 86 valence electrons. The van der Waals surface area contributed by atoms with E-state index in [1.165, 1.54) is 6.08 Å². The van der Waals surface area contributed by atoms with Crippen molar-refractivity contribution in [2.24, 2.45) is 0 Å². The molecule has 1 aromatic carbocycles. The monoisotopic (exact) mass is 220 g/mol. The van der Waals surface area contributed by atoms with Crippen molar-refractivity contribution in [1.29, 1.82) is 0 Å². The van der Waals surface area contributed by atoms with Crippen molar-refractivity contribution in [3.63, 3.8) is 0 Å². The fraction of sp³-hybridized carbons (Fsp3) is 0.250. The lowest BCUT2D eigenvalue weighted by Crippen LogP contribution is -2.20. The maximum atomic E-state index is 11.1. The van der Waals surface area contributed by atoms with Crippen LogP contribution in [0.2, 0.25) is 0 Å². The molecule has 0 bridgehead atoms. The van der Waals surface area contributed by atoms with Gasteiger partial charge in [0, 0.05) is 11.8 Å². The number of benzene rings is 1. The van der Waals surface area contributed by atoms with E-state index in [2.05, 4.69) is 10.9 Å². The molecule has 0 saturated heterocycles. The van der Waals surface area contributed by atoms with Gasteiger partial charge in [-0.2, -0.15) is 0 Å². The number of hydrazine groups is 1. The number of anilines is 1. The average molecular weight is 220 g/mol. The molecule has 0 aromatic heterocycles. The van der Waals surface area contributed by atoms with Crippen molar-refractivity contribution in [3.8, 4) is 0 Å².